The van der Waals surface area contributed by atoms with E-state index < -0.39 is 0 Å². The summed E-state index contributed by atoms with van der Waals surface area (Å²) >= 11 is 0. The summed E-state index contributed by atoms with van der Waals surface area (Å²) in [7, 11) is 0. The molecule has 1 amide bonds. The third-order valence-electron chi connectivity index (χ3n) is 6.54. The van der Waals surface area contributed by atoms with Gasteiger partial charge in [-0.15, -0.1) is 0 Å². The largest absolute Gasteiger partial charge is 0.349 e. The summed E-state index contributed by atoms with van der Waals surface area (Å²) in [5.74, 6) is 0.0312. The van der Waals surface area contributed by atoms with Crippen LogP contribution in [-0.4, -0.2) is 35.0 Å². The molecule has 4 nitrogen and oxygen atoms in total. The zero-order chi connectivity index (χ0) is 21.1. The molecule has 0 spiro atoms. The molecule has 0 aliphatic carbocycles. The lowest BCUT2D eigenvalue weighted by Gasteiger charge is -2.28. The van der Waals surface area contributed by atoms with E-state index in [1.54, 1.807) is 0 Å². The van der Waals surface area contributed by atoms with Crippen molar-refractivity contribution in [2.45, 2.75) is 52.6 Å². The summed E-state index contributed by atoms with van der Waals surface area (Å²) < 4.78 is 2.16. The predicted octanol–water partition coefficient (Wildman–Crippen LogP) is 5.10. The number of nitrogens with zero attached hydrogens (tertiary/aromatic N) is 2. The number of aryl methyl sites for hydroxylation is 3. The SMILES string of the molecule is CCc1ccc2c(c1)c(C)c(C(=O)NCC(c1ccccc1)N1CCCC1)n2CC. The lowest BCUT2D eigenvalue weighted by atomic mass is 10.1. The van der Waals surface area contributed by atoms with Crippen LogP contribution >= 0.6 is 0 Å². The van der Waals surface area contributed by atoms with Gasteiger partial charge in [-0.25, -0.2) is 0 Å². The van der Waals surface area contributed by atoms with Gasteiger partial charge in [-0.05, 0) is 75.0 Å². The maximum atomic E-state index is 13.4. The third-order valence-corrected chi connectivity index (χ3v) is 6.54. The summed E-state index contributed by atoms with van der Waals surface area (Å²) in [6.45, 7) is 9.98. The van der Waals surface area contributed by atoms with Crippen molar-refractivity contribution >= 4 is 16.8 Å². The first-order chi connectivity index (χ1) is 14.6. The first-order valence-electron chi connectivity index (χ1n) is 11.3. The second kappa shape index (κ2) is 9.05. The van der Waals surface area contributed by atoms with Gasteiger partial charge < -0.3 is 9.88 Å². The van der Waals surface area contributed by atoms with E-state index in [0.717, 1.165) is 42.8 Å². The lowest BCUT2D eigenvalue weighted by molar-refractivity contribution is 0.0928. The van der Waals surface area contributed by atoms with Gasteiger partial charge in [-0.3, -0.25) is 9.69 Å². The maximum Gasteiger partial charge on any atom is 0.268 e. The fourth-order valence-electron chi connectivity index (χ4n) is 4.87. The van der Waals surface area contributed by atoms with Gasteiger partial charge in [0.25, 0.3) is 5.91 Å². The van der Waals surface area contributed by atoms with Gasteiger partial charge in [0.1, 0.15) is 5.69 Å². The minimum absolute atomic E-state index is 0.0312. The number of amides is 1. The summed E-state index contributed by atoms with van der Waals surface area (Å²) in [6.07, 6.45) is 3.48. The number of rotatable bonds is 7. The number of likely N-dealkylation sites (tertiary alicyclic amines) is 1. The molecule has 1 saturated heterocycles. The monoisotopic (exact) mass is 403 g/mol. The van der Waals surface area contributed by atoms with Gasteiger partial charge in [0.2, 0.25) is 0 Å². The second-order valence-corrected chi connectivity index (χ2v) is 8.30. The molecule has 0 bridgehead atoms. The van der Waals surface area contributed by atoms with Crippen LogP contribution < -0.4 is 5.32 Å². The van der Waals surface area contributed by atoms with Crippen molar-refractivity contribution in [1.29, 1.82) is 0 Å². The van der Waals surface area contributed by atoms with Crippen molar-refractivity contribution in [3.8, 4) is 0 Å². The number of hydrogen-bond donors (Lipinski definition) is 1. The zero-order valence-electron chi connectivity index (χ0n) is 18.4. The van der Waals surface area contributed by atoms with Crippen LogP contribution in [0.2, 0.25) is 0 Å². The van der Waals surface area contributed by atoms with Crippen molar-refractivity contribution < 1.29 is 4.79 Å². The molecule has 158 valence electrons. The minimum atomic E-state index is 0.0312. The Balaban J connectivity index is 1.61. The van der Waals surface area contributed by atoms with Crippen molar-refractivity contribution in [3.05, 3.63) is 70.9 Å². The number of benzene rings is 2. The van der Waals surface area contributed by atoms with E-state index in [4.69, 9.17) is 0 Å². The average molecular weight is 404 g/mol. The Morgan fingerprint density at radius 1 is 1.07 bits per heavy atom. The molecule has 3 aromatic rings. The first kappa shape index (κ1) is 20.7. The van der Waals surface area contributed by atoms with Gasteiger partial charge in [0.05, 0.1) is 6.04 Å². The predicted molar refractivity (Wildman–Crippen MR) is 124 cm³/mol. The highest BCUT2D eigenvalue weighted by Gasteiger charge is 2.25. The van der Waals surface area contributed by atoms with Crippen molar-refractivity contribution in [3.63, 3.8) is 0 Å². The molecule has 1 fully saturated rings. The summed E-state index contributed by atoms with van der Waals surface area (Å²) in [5, 5.41) is 4.47. The van der Waals surface area contributed by atoms with E-state index in [-0.39, 0.29) is 11.9 Å². The van der Waals surface area contributed by atoms with Crippen LogP contribution in [0.1, 0.15) is 59.9 Å². The van der Waals surface area contributed by atoms with Crippen LogP contribution in [0.15, 0.2) is 48.5 Å². The molecule has 0 saturated carbocycles. The molecule has 1 aliphatic rings. The van der Waals surface area contributed by atoms with Crippen LogP contribution in [0.5, 0.6) is 0 Å². The molecule has 0 radical (unpaired) electrons. The Morgan fingerprint density at radius 3 is 2.47 bits per heavy atom. The van der Waals surface area contributed by atoms with Crippen LogP contribution in [0, 0.1) is 6.92 Å². The second-order valence-electron chi connectivity index (χ2n) is 8.30. The Kier molecular flexibility index (Phi) is 6.24. The number of carbonyl (C=O) groups excluding carboxylic acids is 1. The standard InChI is InChI=1S/C26H33N3O/c1-4-20-13-14-23-22(17-20)19(3)25(29(23)5-2)26(30)27-18-24(28-15-9-10-16-28)21-11-7-6-8-12-21/h6-8,11-14,17,24H,4-5,9-10,15-16,18H2,1-3H3,(H,27,30). The van der Waals surface area contributed by atoms with Gasteiger partial charge in [-0.2, -0.15) is 0 Å². The molecule has 1 atom stereocenters. The van der Waals surface area contributed by atoms with Crippen molar-refractivity contribution in [2.24, 2.45) is 0 Å². The Labute approximate surface area is 179 Å². The molecule has 1 unspecified atom stereocenters. The molecule has 1 aliphatic heterocycles. The lowest BCUT2D eigenvalue weighted by Crippen LogP contribution is -2.37. The highest BCUT2D eigenvalue weighted by Crippen LogP contribution is 2.28. The molecule has 1 aromatic heterocycles. The molecular formula is C26H33N3O. The fourth-order valence-corrected chi connectivity index (χ4v) is 4.87. The van der Waals surface area contributed by atoms with Crippen LogP contribution in [0.3, 0.4) is 0 Å². The van der Waals surface area contributed by atoms with Gasteiger partial charge in [0.15, 0.2) is 0 Å². The van der Waals surface area contributed by atoms with E-state index in [9.17, 15) is 4.79 Å². The summed E-state index contributed by atoms with van der Waals surface area (Å²) in [5.41, 5.74) is 5.62. The summed E-state index contributed by atoms with van der Waals surface area (Å²) in [4.78, 5) is 15.9. The maximum absolute atomic E-state index is 13.4. The quantitative estimate of drug-likeness (QED) is 0.596. The van der Waals surface area contributed by atoms with Crippen LogP contribution in [0.4, 0.5) is 0 Å². The number of aromatic nitrogens is 1. The summed E-state index contributed by atoms with van der Waals surface area (Å²) in [6, 6.07) is 17.4. The average Bonchev–Trinajstić information content (AvgIpc) is 3.41. The Bertz CT molecular complexity index is 1020. The van der Waals surface area contributed by atoms with Crippen molar-refractivity contribution in [2.75, 3.05) is 19.6 Å². The highest BCUT2D eigenvalue weighted by atomic mass is 16.2. The minimum Gasteiger partial charge on any atom is -0.349 e. The van der Waals surface area contributed by atoms with Crippen LogP contribution in [0.25, 0.3) is 10.9 Å². The zero-order valence-corrected chi connectivity index (χ0v) is 18.4. The van der Waals surface area contributed by atoms with E-state index in [0.29, 0.717) is 6.54 Å². The first-order valence-corrected chi connectivity index (χ1v) is 11.3. The van der Waals surface area contributed by atoms with E-state index >= 15 is 0 Å². The molecule has 2 heterocycles. The molecule has 1 N–H and O–H groups in total. The third kappa shape index (κ3) is 3.89. The van der Waals surface area contributed by atoms with E-state index in [1.165, 1.54) is 29.4 Å². The normalized spacial score (nSPS) is 15.6. The topological polar surface area (TPSA) is 37.3 Å². The number of hydrogen-bond acceptors (Lipinski definition) is 2. The number of nitrogens with one attached hydrogen (secondary N) is 1. The van der Waals surface area contributed by atoms with Crippen molar-refractivity contribution in [1.82, 2.24) is 14.8 Å². The van der Waals surface area contributed by atoms with Gasteiger partial charge >= 0.3 is 0 Å². The smallest absolute Gasteiger partial charge is 0.268 e. The molecule has 4 heteroatoms. The fraction of sp³-hybridized carbons (Fsp3) is 0.423. The van der Waals surface area contributed by atoms with E-state index in [1.807, 2.05) is 0 Å². The van der Waals surface area contributed by atoms with Gasteiger partial charge in [0, 0.05) is 24.0 Å². The Hall–Kier alpha value is -2.59. The van der Waals surface area contributed by atoms with E-state index in [2.05, 4.69) is 84.1 Å². The molecule has 4 rings (SSSR count). The highest BCUT2D eigenvalue weighted by molar-refractivity contribution is 6.01. The Morgan fingerprint density at radius 2 is 1.80 bits per heavy atom. The van der Waals surface area contributed by atoms with Crippen LogP contribution in [-0.2, 0) is 13.0 Å². The number of carbonyl (C=O) groups is 1. The molecule has 2 aromatic carbocycles. The molecular weight excluding hydrogens is 370 g/mol. The molecule has 30 heavy (non-hydrogen) atoms. The van der Waals surface area contributed by atoms with Gasteiger partial charge in [-0.1, -0.05) is 43.3 Å². The number of fused-ring (bicyclic) bond motifs is 1.